The predicted octanol–water partition coefficient (Wildman–Crippen LogP) is 2.81. The molecule has 1 N–H and O–H groups in total. The van der Waals surface area contributed by atoms with E-state index in [2.05, 4.69) is 5.32 Å². The summed E-state index contributed by atoms with van der Waals surface area (Å²) in [5, 5.41) is 2.71. The van der Waals surface area contributed by atoms with Crippen LogP contribution in [0, 0.1) is 11.6 Å². The number of nitrogens with one attached hydrogen (secondary N) is 1. The van der Waals surface area contributed by atoms with E-state index in [-0.39, 0.29) is 29.4 Å². The van der Waals surface area contributed by atoms with Gasteiger partial charge in [0.05, 0.1) is 23.5 Å². The highest BCUT2D eigenvalue weighted by molar-refractivity contribution is 7.92. The predicted molar refractivity (Wildman–Crippen MR) is 92.3 cm³/mol. The molecule has 2 aromatic carbocycles. The van der Waals surface area contributed by atoms with Crippen molar-refractivity contribution in [2.75, 3.05) is 23.7 Å². The van der Waals surface area contributed by atoms with Crippen LogP contribution in [0.5, 0.6) is 0 Å². The lowest BCUT2D eigenvalue weighted by Gasteiger charge is -2.23. The molecule has 0 saturated carbocycles. The summed E-state index contributed by atoms with van der Waals surface area (Å²) in [6.07, 6.45) is 1.02. The Morgan fingerprint density at radius 3 is 2.44 bits per heavy atom. The van der Waals surface area contributed by atoms with Gasteiger partial charge < -0.3 is 5.32 Å². The summed E-state index contributed by atoms with van der Waals surface area (Å²) in [4.78, 5) is 11.9. The number of sulfonamides is 1. The normalized spacial score (nSPS) is 11.2. The molecular formula is C16H15ClF2N2O3S. The summed E-state index contributed by atoms with van der Waals surface area (Å²) in [5.74, 6) is -2.84. The molecule has 9 heteroatoms. The quantitative estimate of drug-likeness (QED) is 0.827. The Hall–Kier alpha value is -2.19. The van der Waals surface area contributed by atoms with Crippen LogP contribution in [0.1, 0.15) is 10.4 Å². The number of carbonyl (C=O) groups excluding carboxylic acids is 1. The Labute approximate surface area is 149 Å². The second kappa shape index (κ2) is 7.79. The van der Waals surface area contributed by atoms with Crippen LogP contribution in [-0.2, 0) is 10.0 Å². The van der Waals surface area contributed by atoms with Crippen molar-refractivity contribution in [3.63, 3.8) is 0 Å². The monoisotopic (exact) mass is 388 g/mol. The maximum Gasteiger partial charge on any atom is 0.251 e. The van der Waals surface area contributed by atoms with Gasteiger partial charge in [-0.3, -0.25) is 9.10 Å². The second-order valence-corrected chi connectivity index (χ2v) is 7.49. The molecule has 0 aliphatic carbocycles. The summed E-state index contributed by atoms with van der Waals surface area (Å²) >= 11 is 6.02. The van der Waals surface area contributed by atoms with Crippen molar-refractivity contribution in [2.24, 2.45) is 0 Å². The lowest BCUT2D eigenvalue weighted by atomic mass is 10.2. The number of halogens is 3. The molecule has 5 nitrogen and oxygen atoms in total. The van der Waals surface area contributed by atoms with Gasteiger partial charge in [0, 0.05) is 12.1 Å². The summed E-state index contributed by atoms with van der Waals surface area (Å²) in [6, 6.07) is 9.14. The number of hydrogen-bond donors (Lipinski definition) is 1. The van der Waals surface area contributed by atoms with Crippen LogP contribution in [0.3, 0.4) is 0 Å². The average Bonchev–Trinajstić information content (AvgIpc) is 2.54. The third kappa shape index (κ3) is 4.90. The zero-order valence-electron chi connectivity index (χ0n) is 13.2. The maximum atomic E-state index is 13.2. The molecule has 0 fully saturated rings. The van der Waals surface area contributed by atoms with E-state index in [1.54, 1.807) is 24.3 Å². The van der Waals surface area contributed by atoms with Crippen molar-refractivity contribution in [2.45, 2.75) is 0 Å². The standard InChI is InChI=1S/C16H15ClF2N2O3S/c1-25(23,24)21(15-5-3-2-4-12(15)17)9-8-20-16(22)11-6-7-13(18)14(19)10-11/h2-7,10H,8-9H2,1H3,(H,20,22). The van der Waals surface area contributed by atoms with Gasteiger partial charge in [-0.15, -0.1) is 0 Å². The minimum Gasteiger partial charge on any atom is -0.350 e. The molecule has 0 spiro atoms. The molecule has 134 valence electrons. The molecule has 0 aliphatic heterocycles. The summed E-state index contributed by atoms with van der Waals surface area (Å²) in [6.45, 7) is -0.117. The van der Waals surface area contributed by atoms with Gasteiger partial charge in [-0.1, -0.05) is 23.7 Å². The lowest BCUT2D eigenvalue weighted by Crippen LogP contribution is -2.38. The first-order valence-corrected chi connectivity index (χ1v) is 9.38. The molecule has 0 radical (unpaired) electrons. The van der Waals surface area contributed by atoms with Gasteiger partial charge >= 0.3 is 0 Å². The van der Waals surface area contributed by atoms with E-state index in [0.717, 1.165) is 28.8 Å². The molecule has 0 aromatic heterocycles. The van der Waals surface area contributed by atoms with Crippen molar-refractivity contribution in [1.82, 2.24) is 5.32 Å². The van der Waals surface area contributed by atoms with Gasteiger partial charge in [0.1, 0.15) is 0 Å². The number of amides is 1. The summed E-state index contributed by atoms with van der Waals surface area (Å²) < 4.78 is 51.0. The molecule has 0 heterocycles. The average molecular weight is 389 g/mol. The first-order chi connectivity index (χ1) is 11.7. The van der Waals surface area contributed by atoms with Crippen molar-refractivity contribution in [1.29, 1.82) is 0 Å². The van der Waals surface area contributed by atoms with Gasteiger partial charge in [0.25, 0.3) is 5.91 Å². The van der Waals surface area contributed by atoms with Gasteiger partial charge in [-0.05, 0) is 30.3 Å². The zero-order valence-corrected chi connectivity index (χ0v) is 14.7. The second-order valence-electron chi connectivity index (χ2n) is 5.17. The zero-order chi connectivity index (χ0) is 18.6. The van der Waals surface area contributed by atoms with Gasteiger partial charge in [0.2, 0.25) is 10.0 Å². The minimum absolute atomic E-state index is 0.0455. The number of hydrogen-bond acceptors (Lipinski definition) is 3. The Kier molecular flexibility index (Phi) is 5.97. The Bertz CT molecular complexity index is 891. The van der Waals surface area contributed by atoms with Gasteiger partial charge in [-0.2, -0.15) is 0 Å². The van der Waals surface area contributed by atoms with Crippen LogP contribution in [0.4, 0.5) is 14.5 Å². The molecular weight excluding hydrogens is 374 g/mol. The van der Waals surface area contributed by atoms with Crippen LogP contribution >= 0.6 is 11.6 Å². The summed E-state index contributed by atoms with van der Waals surface area (Å²) in [7, 11) is -3.63. The third-order valence-corrected chi connectivity index (χ3v) is 4.80. The van der Waals surface area contributed by atoms with Crippen molar-refractivity contribution in [3.05, 3.63) is 64.7 Å². The highest BCUT2D eigenvalue weighted by Gasteiger charge is 2.20. The molecule has 0 saturated heterocycles. The number of para-hydroxylation sites is 1. The molecule has 0 atom stereocenters. The summed E-state index contributed by atoms with van der Waals surface area (Å²) in [5.41, 5.74) is 0.219. The van der Waals surface area contributed by atoms with Crippen LogP contribution in [0.25, 0.3) is 0 Å². The number of nitrogens with zero attached hydrogens (tertiary/aromatic N) is 1. The highest BCUT2D eigenvalue weighted by atomic mass is 35.5. The van der Waals surface area contributed by atoms with E-state index in [1.165, 1.54) is 0 Å². The lowest BCUT2D eigenvalue weighted by molar-refractivity contribution is 0.0954. The molecule has 0 bridgehead atoms. The third-order valence-electron chi connectivity index (χ3n) is 3.30. The molecule has 0 aliphatic rings. The fraction of sp³-hybridized carbons (Fsp3) is 0.188. The molecule has 2 rings (SSSR count). The maximum absolute atomic E-state index is 13.2. The smallest absolute Gasteiger partial charge is 0.251 e. The number of benzene rings is 2. The largest absolute Gasteiger partial charge is 0.350 e. The number of carbonyl (C=O) groups is 1. The minimum atomic E-state index is -3.63. The first kappa shape index (κ1) is 19.1. The van der Waals surface area contributed by atoms with Crippen LogP contribution < -0.4 is 9.62 Å². The van der Waals surface area contributed by atoms with Crippen molar-refractivity contribution >= 4 is 33.2 Å². The van der Waals surface area contributed by atoms with E-state index < -0.39 is 27.6 Å². The Morgan fingerprint density at radius 1 is 1.16 bits per heavy atom. The fourth-order valence-corrected chi connectivity index (χ4v) is 3.36. The molecule has 0 unspecified atom stereocenters. The SMILES string of the molecule is CS(=O)(=O)N(CCNC(=O)c1ccc(F)c(F)c1)c1ccccc1Cl. The van der Waals surface area contributed by atoms with Crippen LogP contribution in [0.2, 0.25) is 5.02 Å². The molecule has 1 amide bonds. The van der Waals surface area contributed by atoms with E-state index >= 15 is 0 Å². The van der Waals surface area contributed by atoms with Gasteiger partial charge in [0.15, 0.2) is 11.6 Å². The highest BCUT2D eigenvalue weighted by Crippen LogP contribution is 2.26. The van der Waals surface area contributed by atoms with E-state index in [1.807, 2.05) is 0 Å². The fourth-order valence-electron chi connectivity index (χ4n) is 2.13. The number of rotatable bonds is 6. The first-order valence-electron chi connectivity index (χ1n) is 7.15. The van der Waals surface area contributed by atoms with Gasteiger partial charge in [-0.25, -0.2) is 17.2 Å². The molecule has 25 heavy (non-hydrogen) atoms. The topological polar surface area (TPSA) is 66.5 Å². The van der Waals surface area contributed by atoms with E-state index in [4.69, 9.17) is 11.6 Å². The Balaban J connectivity index is 2.08. The Morgan fingerprint density at radius 2 is 1.84 bits per heavy atom. The van der Waals surface area contributed by atoms with Crippen LogP contribution in [0.15, 0.2) is 42.5 Å². The van der Waals surface area contributed by atoms with Crippen molar-refractivity contribution < 1.29 is 22.0 Å². The van der Waals surface area contributed by atoms with E-state index in [0.29, 0.717) is 0 Å². The molecule has 2 aromatic rings. The number of anilines is 1. The van der Waals surface area contributed by atoms with Crippen molar-refractivity contribution in [3.8, 4) is 0 Å². The van der Waals surface area contributed by atoms with E-state index in [9.17, 15) is 22.0 Å². The van der Waals surface area contributed by atoms with Crippen LogP contribution in [-0.4, -0.2) is 33.7 Å².